The number of amides is 1. The smallest absolute Gasteiger partial charge is 0.243 e. The number of carbonyl (C=O) groups excluding carboxylic acids is 1. The molecular formula is C26H34N2O5S. The van der Waals surface area contributed by atoms with Gasteiger partial charge in [-0.3, -0.25) is 4.79 Å². The number of nitrogens with one attached hydrogen (secondary N) is 1. The number of fused-ring (bicyclic) bond motifs is 1. The third kappa shape index (κ3) is 5.73. The van der Waals surface area contributed by atoms with Crippen molar-refractivity contribution in [2.45, 2.75) is 51.0 Å². The molecule has 0 saturated carbocycles. The monoisotopic (exact) mass is 486 g/mol. The molecule has 7 nitrogen and oxygen atoms in total. The zero-order valence-electron chi connectivity index (χ0n) is 20.1. The van der Waals surface area contributed by atoms with E-state index >= 15 is 0 Å². The van der Waals surface area contributed by atoms with E-state index in [-0.39, 0.29) is 28.2 Å². The molecule has 2 aliphatic rings. The molecule has 1 fully saturated rings. The van der Waals surface area contributed by atoms with Crippen LogP contribution in [0.4, 0.5) is 0 Å². The molecule has 1 unspecified atom stereocenters. The van der Waals surface area contributed by atoms with Crippen LogP contribution in [0.25, 0.3) is 0 Å². The quantitative estimate of drug-likeness (QED) is 0.663. The summed E-state index contributed by atoms with van der Waals surface area (Å²) in [5.74, 6) is 0.795. The van der Waals surface area contributed by atoms with Crippen LogP contribution in [0.2, 0.25) is 0 Å². The van der Waals surface area contributed by atoms with Gasteiger partial charge in [-0.1, -0.05) is 51.1 Å². The zero-order valence-corrected chi connectivity index (χ0v) is 20.9. The summed E-state index contributed by atoms with van der Waals surface area (Å²) in [5, 5.41) is 3.24. The van der Waals surface area contributed by atoms with Gasteiger partial charge >= 0.3 is 0 Å². The van der Waals surface area contributed by atoms with Crippen LogP contribution in [0.1, 0.15) is 51.6 Å². The third-order valence-corrected chi connectivity index (χ3v) is 8.21. The highest BCUT2D eigenvalue weighted by Crippen LogP contribution is 2.34. The van der Waals surface area contributed by atoms with E-state index in [0.29, 0.717) is 50.6 Å². The van der Waals surface area contributed by atoms with Crippen LogP contribution in [0.5, 0.6) is 11.5 Å². The first-order valence-corrected chi connectivity index (χ1v) is 13.3. The number of nitrogens with zero attached hydrogens (tertiary/aromatic N) is 1. The van der Waals surface area contributed by atoms with Crippen molar-refractivity contribution in [3.63, 3.8) is 0 Å². The SMILES string of the molecule is CC(C)(C)CC(NC(=O)C1CCN(S(=O)(=O)c2ccc3c(c2)OCCO3)CC1)c1ccccc1. The topological polar surface area (TPSA) is 84.9 Å². The van der Waals surface area contributed by atoms with Crippen LogP contribution >= 0.6 is 0 Å². The Hall–Kier alpha value is -2.58. The molecule has 0 radical (unpaired) electrons. The number of sulfonamides is 1. The second-order valence-corrected chi connectivity index (χ2v) is 12.2. The average molecular weight is 487 g/mol. The summed E-state index contributed by atoms with van der Waals surface area (Å²) in [6, 6.07) is 14.7. The highest BCUT2D eigenvalue weighted by molar-refractivity contribution is 7.89. The molecule has 184 valence electrons. The van der Waals surface area contributed by atoms with Crippen molar-refractivity contribution in [1.82, 2.24) is 9.62 Å². The van der Waals surface area contributed by atoms with Crippen molar-refractivity contribution in [3.05, 3.63) is 54.1 Å². The fourth-order valence-corrected chi connectivity index (χ4v) is 6.02. The van der Waals surface area contributed by atoms with Crippen molar-refractivity contribution in [2.75, 3.05) is 26.3 Å². The number of piperidine rings is 1. The molecule has 0 aliphatic carbocycles. The Bertz CT molecular complexity index is 1100. The minimum atomic E-state index is -3.67. The van der Waals surface area contributed by atoms with Crippen LogP contribution < -0.4 is 14.8 Å². The van der Waals surface area contributed by atoms with E-state index in [0.717, 1.165) is 12.0 Å². The molecule has 2 heterocycles. The van der Waals surface area contributed by atoms with Crippen molar-refractivity contribution >= 4 is 15.9 Å². The first-order valence-electron chi connectivity index (χ1n) is 11.9. The van der Waals surface area contributed by atoms with E-state index < -0.39 is 10.0 Å². The Morgan fingerprint density at radius 1 is 1.03 bits per heavy atom. The summed E-state index contributed by atoms with van der Waals surface area (Å²) in [4.78, 5) is 13.3. The molecule has 1 atom stereocenters. The maximum atomic E-state index is 13.2. The van der Waals surface area contributed by atoms with Gasteiger partial charge in [-0.25, -0.2) is 8.42 Å². The summed E-state index contributed by atoms with van der Waals surface area (Å²) in [6.45, 7) is 7.96. The lowest BCUT2D eigenvalue weighted by molar-refractivity contribution is -0.127. The Labute approximate surface area is 202 Å². The second-order valence-electron chi connectivity index (χ2n) is 10.2. The van der Waals surface area contributed by atoms with Crippen molar-refractivity contribution < 1.29 is 22.7 Å². The zero-order chi connectivity index (χ0) is 24.3. The second kappa shape index (κ2) is 9.96. The van der Waals surface area contributed by atoms with Gasteiger partial charge in [0.05, 0.1) is 10.9 Å². The van der Waals surface area contributed by atoms with Gasteiger partial charge in [0.15, 0.2) is 11.5 Å². The average Bonchev–Trinajstić information content (AvgIpc) is 2.83. The maximum absolute atomic E-state index is 13.2. The van der Waals surface area contributed by atoms with Crippen LogP contribution in [0.3, 0.4) is 0 Å². The maximum Gasteiger partial charge on any atom is 0.243 e. The van der Waals surface area contributed by atoms with Gasteiger partial charge in [0.25, 0.3) is 0 Å². The molecule has 34 heavy (non-hydrogen) atoms. The molecule has 0 aromatic heterocycles. The predicted octanol–water partition coefficient (Wildman–Crippen LogP) is 4.15. The molecular weight excluding hydrogens is 452 g/mol. The number of ether oxygens (including phenoxy) is 2. The molecule has 2 aromatic carbocycles. The van der Waals surface area contributed by atoms with Gasteiger partial charge in [0.2, 0.25) is 15.9 Å². The number of carbonyl (C=O) groups is 1. The Kier molecular flexibility index (Phi) is 7.19. The molecule has 0 spiro atoms. The number of rotatable bonds is 6. The first-order chi connectivity index (χ1) is 16.1. The Balaban J connectivity index is 1.40. The van der Waals surface area contributed by atoms with E-state index in [1.807, 2.05) is 30.3 Å². The summed E-state index contributed by atoms with van der Waals surface area (Å²) < 4.78 is 38.9. The minimum absolute atomic E-state index is 0.00511. The Morgan fingerprint density at radius 3 is 2.32 bits per heavy atom. The van der Waals surface area contributed by atoms with E-state index in [1.54, 1.807) is 12.1 Å². The van der Waals surface area contributed by atoms with Crippen molar-refractivity contribution in [2.24, 2.45) is 11.3 Å². The number of hydrogen-bond acceptors (Lipinski definition) is 5. The molecule has 1 N–H and O–H groups in total. The van der Waals surface area contributed by atoms with E-state index in [9.17, 15) is 13.2 Å². The van der Waals surface area contributed by atoms with Crippen molar-refractivity contribution in [3.8, 4) is 11.5 Å². The fraction of sp³-hybridized carbons (Fsp3) is 0.500. The lowest BCUT2D eigenvalue weighted by Gasteiger charge is -2.33. The van der Waals surface area contributed by atoms with Gasteiger partial charge in [-0.2, -0.15) is 4.31 Å². The lowest BCUT2D eigenvalue weighted by Crippen LogP contribution is -2.44. The minimum Gasteiger partial charge on any atom is -0.486 e. The number of benzene rings is 2. The van der Waals surface area contributed by atoms with Gasteiger partial charge in [0, 0.05) is 25.1 Å². The highest BCUT2D eigenvalue weighted by Gasteiger charge is 2.34. The summed E-state index contributed by atoms with van der Waals surface area (Å²) in [5.41, 5.74) is 1.14. The molecule has 1 saturated heterocycles. The summed E-state index contributed by atoms with van der Waals surface area (Å²) in [6.07, 6.45) is 1.80. The van der Waals surface area contributed by atoms with Crippen LogP contribution in [0.15, 0.2) is 53.4 Å². The fourth-order valence-electron chi connectivity index (χ4n) is 4.53. The lowest BCUT2D eigenvalue weighted by atomic mass is 9.85. The van der Waals surface area contributed by atoms with E-state index in [1.165, 1.54) is 10.4 Å². The summed E-state index contributed by atoms with van der Waals surface area (Å²) in [7, 11) is -3.67. The molecule has 2 aliphatic heterocycles. The van der Waals surface area contributed by atoms with E-state index in [4.69, 9.17) is 9.47 Å². The largest absolute Gasteiger partial charge is 0.486 e. The number of hydrogen-bond donors (Lipinski definition) is 1. The van der Waals surface area contributed by atoms with Crippen LogP contribution in [-0.4, -0.2) is 44.9 Å². The summed E-state index contributed by atoms with van der Waals surface area (Å²) >= 11 is 0. The van der Waals surface area contributed by atoms with Crippen molar-refractivity contribution in [1.29, 1.82) is 0 Å². The standard InChI is InChI=1S/C26H34N2O5S/c1-26(2,3)18-22(19-7-5-4-6-8-19)27-25(29)20-11-13-28(14-12-20)34(30,31)21-9-10-23-24(17-21)33-16-15-32-23/h4-10,17,20,22H,11-16,18H2,1-3H3,(H,27,29). The normalized spacial score (nSPS) is 18.3. The van der Waals surface area contributed by atoms with Crippen LogP contribution in [-0.2, 0) is 14.8 Å². The van der Waals surface area contributed by atoms with Crippen LogP contribution in [0, 0.1) is 11.3 Å². The van der Waals surface area contributed by atoms with Gasteiger partial charge in [-0.05, 0) is 42.4 Å². The molecule has 0 bridgehead atoms. The first kappa shape index (κ1) is 24.5. The third-order valence-electron chi connectivity index (χ3n) is 6.31. The van der Waals surface area contributed by atoms with Gasteiger partial charge in [0.1, 0.15) is 13.2 Å². The van der Waals surface area contributed by atoms with Gasteiger partial charge < -0.3 is 14.8 Å². The molecule has 4 rings (SSSR count). The van der Waals surface area contributed by atoms with E-state index in [2.05, 4.69) is 26.1 Å². The Morgan fingerprint density at radius 2 is 1.68 bits per heavy atom. The molecule has 2 aromatic rings. The molecule has 1 amide bonds. The predicted molar refractivity (Wildman–Crippen MR) is 130 cm³/mol. The molecule has 8 heteroatoms. The highest BCUT2D eigenvalue weighted by atomic mass is 32.2. The van der Waals surface area contributed by atoms with Gasteiger partial charge in [-0.15, -0.1) is 0 Å².